The normalized spacial score (nSPS) is 11.6. The summed E-state index contributed by atoms with van der Waals surface area (Å²) < 4.78 is 10.3. The van der Waals surface area contributed by atoms with Crippen molar-refractivity contribution in [1.29, 1.82) is 0 Å². The molecule has 0 bridgehead atoms. The van der Waals surface area contributed by atoms with Crippen LogP contribution in [0.25, 0.3) is 11.5 Å². The monoisotopic (exact) mass is 396 g/mol. The lowest BCUT2D eigenvalue weighted by Gasteiger charge is -2.16. The molecule has 1 atom stereocenters. The Labute approximate surface area is 167 Å². The predicted octanol–water partition coefficient (Wildman–Crippen LogP) is 3.61. The maximum absolute atomic E-state index is 12.3. The van der Waals surface area contributed by atoms with Gasteiger partial charge in [-0.3, -0.25) is 4.79 Å². The molecule has 3 rings (SSSR count). The van der Waals surface area contributed by atoms with Gasteiger partial charge in [0.2, 0.25) is 11.8 Å². The van der Waals surface area contributed by atoms with Gasteiger partial charge in [0.05, 0.1) is 18.6 Å². The largest absolute Gasteiger partial charge is 0.467 e. The van der Waals surface area contributed by atoms with Gasteiger partial charge < -0.3 is 14.5 Å². The van der Waals surface area contributed by atoms with Crippen molar-refractivity contribution in [3.8, 4) is 11.5 Å². The molecule has 0 aliphatic heterocycles. The van der Waals surface area contributed by atoms with Crippen molar-refractivity contribution < 1.29 is 18.7 Å². The van der Waals surface area contributed by atoms with Gasteiger partial charge in [-0.25, -0.2) is 9.78 Å². The van der Waals surface area contributed by atoms with Crippen molar-refractivity contribution in [1.82, 2.24) is 10.3 Å². The maximum Gasteiger partial charge on any atom is 0.333 e. The Bertz CT molecular complexity index is 912. The van der Waals surface area contributed by atoms with Gasteiger partial charge in [-0.05, 0) is 17.7 Å². The molecule has 0 aliphatic carbocycles. The number of esters is 1. The quantitative estimate of drug-likeness (QED) is 0.586. The number of nitrogens with one attached hydrogen (secondary N) is 1. The van der Waals surface area contributed by atoms with Crippen LogP contribution in [-0.2, 0) is 20.1 Å². The summed E-state index contributed by atoms with van der Waals surface area (Å²) in [5, 5.41) is 2.72. The van der Waals surface area contributed by atoms with E-state index in [0.29, 0.717) is 17.2 Å². The Hall–Kier alpha value is -3.06. The van der Waals surface area contributed by atoms with E-state index in [9.17, 15) is 9.59 Å². The first-order chi connectivity index (χ1) is 13.7. The molecule has 0 fully saturated rings. The Morgan fingerprint density at radius 3 is 2.46 bits per heavy atom. The molecular formula is C21H20N2O4S. The van der Waals surface area contributed by atoms with E-state index in [1.807, 2.05) is 36.4 Å². The molecule has 0 aliphatic rings. The highest BCUT2D eigenvalue weighted by Crippen LogP contribution is 2.20. The van der Waals surface area contributed by atoms with Crippen molar-refractivity contribution >= 4 is 23.6 Å². The van der Waals surface area contributed by atoms with Gasteiger partial charge in [0.25, 0.3) is 0 Å². The number of methoxy groups -OCH3 is 1. The first-order valence-electron chi connectivity index (χ1n) is 8.67. The van der Waals surface area contributed by atoms with Crippen LogP contribution in [0.1, 0.15) is 17.3 Å². The van der Waals surface area contributed by atoms with Gasteiger partial charge in [-0.1, -0.05) is 48.5 Å². The lowest BCUT2D eigenvalue weighted by Crippen LogP contribution is -2.35. The third kappa shape index (κ3) is 5.23. The highest BCUT2D eigenvalue weighted by molar-refractivity contribution is 7.99. The standard InChI is InChI=1S/C21H20N2O4S/c1-26-21(25)19(15-8-4-2-5-9-15)23-18(24)14-28-13-17-12-27-20(22-17)16-10-6-3-7-11-16/h2-12,19H,13-14H2,1H3,(H,23,24). The van der Waals surface area contributed by atoms with E-state index < -0.39 is 12.0 Å². The molecule has 1 aromatic heterocycles. The summed E-state index contributed by atoms with van der Waals surface area (Å²) in [5.41, 5.74) is 2.33. The minimum Gasteiger partial charge on any atom is -0.467 e. The number of ether oxygens (including phenoxy) is 1. The summed E-state index contributed by atoms with van der Waals surface area (Å²) >= 11 is 1.39. The van der Waals surface area contributed by atoms with E-state index in [2.05, 4.69) is 10.3 Å². The van der Waals surface area contributed by atoms with Gasteiger partial charge in [0.1, 0.15) is 6.26 Å². The number of carbonyl (C=O) groups excluding carboxylic acids is 2. The molecule has 144 valence electrons. The van der Waals surface area contributed by atoms with E-state index in [1.165, 1.54) is 18.9 Å². The molecule has 0 radical (unpaired) electrons. The second-order valence-corrected chi connectivity index (χ2v) is 6.92. The molecule has 1 heterocycles. The third-order valence-electron chi connectivity index (χ3n) is 3.93. The van der Waals surface area contributed by atoms with Crippen LogP contribution in [-0.4, -0.2) is 29.7 Å². The van der Waals surface area contributed by atoms with Crippen molar-refractivity contribution in [2.24, 2.45) is 0 Å². The summed E-state index contributed by atoms with van der Waals surface area (Å²) in [6.45, 7) is 0. The van der Waals surface area contributed by atoms with E-state index >= 15 is 0 Å². The predicted molar refractivity (Wildman–Crippen MR) is 107 cm³/mol. The lowest BCUT2D eigenvalue weighted by molar-refractivity contribution is -0.145. The van der Waals surface area contributed by atoms with E-state index in [-0.39, 0.29) is 11.7 Å². The van der Waals surface area contributed by atoms with E-state index in [4.69, 9.17) is 9.15 Å². The minimum absolute atomic E-state index is 0.188. The molecule has 0 spiro atoms. The van der Waals surface area contributed by atoms with Gasteiger partial charge in [-0.2, -0.15) is 0 Å². The fourth-order valence-electron chi connectivity index (χ4n) is 2.58. The number of hydrogen-bond donors (Lipinski definition) is 1. The SMILES string of the molecule is COC(=O)C(NC(=O)CSCc1coc(-c2ccccc2)n1)c1ccccc1. The Balaban J connectivity index is 1.52. The number of nitrogens with zero attached hydrogens (tertiary/aromatic N) is 1. The van der Waals surface area contributed by atoms with Crippen LogP contribution >= 0.6 is 11.8 Å². The molecule has 0 saturated heterocycles. The molecule has 1 amide bonds. The molecule has 0 saturated carbocycles. The summed E-state index contributed by atoms with van der Waals surface area (Å²) in [5.74, 6) is 0.506. The highest BCUT2D eigenvalue weighted by atomic mass is 32.2. The second kappa shape index (κ2) is 9.75. The van der Waals surface area contributed by atoms with Crippen LogP contribution in [0, 0.1) is 0 Å². The summed E-state index contributed by atoms with van der Waals surface area (Å²) in [6, 6.07) is 17.8. The van der Waals surface area contributed by atoms with E-state index in [1.54, 1.807) is 30.5 Å². The molecule has 7 heteroatoms. The Morgan fingerprint density at radius 1 is 1.11 bits per heavy atom. The number of benzene rings is 2. The highest BCUT2D eigenvalue weighted by Gasteiger charge is 2.23. The number of rotatable bonds is 8. The second-order valence-electron chi connectivity index (χ2n) is 5.94. The third-order valence-corrected chi connectivity index (χ3v) is 4.90. The van der Waals surface area contributed by atoms with Gasteiger partial charge in [0.15, 0.2) is 6.04 Å². The topological polar surface area (TPSA) is 81.4 Å². The lowest BCUT2D eigenvalue weighted by atomic mass is 10.1. The number of thioether (sulfide) groups is 1. The van der Waals surface area contributed by atoms with Crippen LogP contribution in [0.3, 0.4) is 0 Å². The van der Waals surface area contributed by atoms with Crippen molar-refractivity contribution in [2.75, 3.05) is 12.9 Å². The number of aromatic nitrogens is 1. The van der Waals surface area contributed by atoms with Crippen LogP contribution in [0.15, 0.2) is 71.3 Å². The molecule has 1 unspecified atom stereocenters. The molecule has 3 aromatic rings. The minimum atomic E-state index is -0.823. The van der Waals surface area contributed by atoms with Crippen molar-refractivity contribution in [3.63, 3.8) is 0 Å². The van der Waals surface area contributed by atoms with Crippen molar-refractivity contribution in [2.45, 2.75) is 11.8 Å². The Kier molecular flexibility index (Phi) is 6.86. The number of hydrogen-bond acceptors (Lipinski definition) is 6. The maximum atomic E-state index is 12.3. The zero-order valence-electron chi connectivity index (χ0n) is 15.3. The molecule has 1 N–H and O–H groups in total. The fourth-order valence-corrected chi connectivity index (χ4v) is 3.29. The molecule has 2 aromatic carbocycles. The van der Waals surface area contributed by atoms with Gasteiger partial charge in [0, 0.05) is 11.3 Å². The first-order valence-corrected chi connectivity index (χ1v) is 9.82. The molecule has 6 nitrogen and oxygen atoms in total. The van der Waals surface area contributed by atoms with Crippen LogP contribution in [0.5, 0.6) is 0 Å². The van der Waals surface area contributed by atoms with Crippen molar-refractivity contribution in [3.05, 3.63) is 78.2 Å². The van der Waals surface area contributed by atoms with Crippen LogP contribution in [0.2, 0.25) is 0 Å². The zero-order chi connectivity index (χ0) is 19.8. The average Bonchev–Trinajstić information content (AvgIpc) is 3.22. The molecule has 28 heavy (non-hydrogen) atoms. The first kappa shape index (κ1) is 19.7. The number of carbonyl (C=O) groups is 2. The summed E-state index contributed by atoms with van der Waals surface area (Å²) in [7, 11) is 1.30. The summed E-state index contributed by atoms with van der Waals surface area (Å²) in [4.78, 5) is 28.7. The van der Waals surface area contributed by atoms with Gasteiger partial charge >= 0.3 is 5.97 Å². The van der Waals surface area contributed by atoms with Gasteiger partial charge in [-0.15, -0.1) is 11.8 Å². The zero-order valence-corrected chi connectivity index (χ0v) is 16.1. The Morgan fingerprint density at radius 2 is 1.79 bits per heavy atom. The average molecular weight is 396 g/mol. The smallest absolute Gasteiger partial charge is 0.333 e. The summed E-state index contributed by atoms with van der Waals surface area (Å²) in [6.07, 6.45) is 1.59. The van der Waals surface area contributed by atoms with Crippen LogP contribution < -0.4 is 5.32 Å². The number of oxazole rings is 1. The fraction of sp³-hybridized carbons (Fsp3) is 0.190. The number of amides is 1. The van der Waals surface area contributed by atoms with E-state index in [0.717, 1.165) is 11.3 Å². The van der Waals surface area contributed by atoms with Crippen LogP contribution in [0.4, 0.5) is 0 Å². The molecular weight excluding hydrogens is 376 g/mol.